The predicted octanol–water partition coefficient (Wildman–Crippen LogP) is 1.51. The zero-order valence-electron chi connectivity index (χ0n) is 35.4. The summed E-state index contributed by atoms with van der Waals surface area (Å²) in [6.45, 7) is 0.106. The Morgan fingerprint density at radius 1 is 1.00 bits per heavy atom. The van der Waals surface area contributed by atoms with Gasteiger partial charge in [0.2, 0.25) is 6.29 Å². The third kappa shape index (κ3) is 9.83. The van der Waals surface area contributed by atoms with Gasteiger partial charge >= 0.3 is 11.9 Å². The van der Waals surface area contributed by atoms with E-state index >= 15 is 0 Å². The van der Waals surface area contributed by atoms with Crippen molar-refractivity contribution in [2.75, 3.05) is 33.4 Å². The first kappa shape index (κ1) is 47.0. The van der Waals surface area contributed by atoms with Gasteiger partial charge in [-0.1, -0.05) is 23.8 Å². The van der Waals surface area contributed by atoms with Gasteiger partial charge in [-0.25, -0.2) is 5.06 Å². The van der Waals surface area contributed by atoms with Crippen molar-refractivity contribution in [2.45, 2.75) is 75.1 Å². The lowest BCUT2D eigenvalue weighted by Gasteiger charge is -2.47. The molecule has 1 aromatic heterocycles. The fourth-order valence-electron chi connectivity index (χ4n) is 8.20. The fourth-order valence-corrected chi connectivity index (χ4v) is 8.20. The molecule has 4 aromatic rings. The van der Waals surface area contributed by atoms with E-state index in [1.54, 1.807) is 24.4 Å². The molecule has 0 radical (unpaired) electrons. The van der Waals surface area contributed by atoms with E-state index < -0.39 is 79.0 Å². The van der Waals surface area contributed by atoms with Crippen molar-refractivity contribution < 1.29 is 73.9 Å². The van der Waals surface area contributed by atoms with Gasteiger partial charge in [0, 0.05) is 42.7 Å². The number of fused-ring (bicyclic) bond motifs is 2. The zero-order chi connectivity index (χ0) is 46.6. The Labute approximate surface area is 371 Å². The molecule has 0 saturated carbocycles. The average Bonchev–Trinajstić information content (AvgIpc) is 3.87. The first-order chi connectivity index (χ1) is 31.2. The first-order valence-electron chi connectivity index (χ1n) is 20.9. The van der Waals surface area contributed by atoms with Crippen LogP contribution in [-0.2, 0) is 30.3 Å². The van der Waals surface area contributed by atoms with Crippen LogP contribution in [0.3, 0.4) is 0 Å². The number of hydrogen-bond donors (Lipinski definition) is 9. The molecular formula is C46H51N3O16. The molecule has 4 heterocycles. The summed E-state index contributed by atoms with van der Waals surface area (Å²) in [7, 11) is 1.34. The number of aliphatic hydroxyl groups is 6. The van der Waals surface area contributed by atoms with Gasteiger partial charge in [-0.15, -0.1) is 0 Å². The minimum Gasteiger partial charge on any atom is -0.508 e. The number of benzene rings is 3. The highest BCUT2D eigenvalue weighted by Gasteiger charge is 2.58. The number of esters is 1. The summed E-state index contributed by atoms with van der Waals surface area (Å²) >= 11 is 0. The molecule has 0 aliphatic carbocycles. The maximum Gasteiger partial charge on any atom is 0.324 e. The van der Waals surface area contributed by atoms with Gasteiger partial charge in [0.1, 0.15) is 42.2 Å². The lowest BCUT2D eigenvalue weighted by Crippen LogP contribution is -2.68. The molecule has 346 valence electrons. The number of carbonyl (C=O) groups is 2. The lowest BCUT2D eigenvalue weighted by molar-refractivity contribution is -0.372. The average molecular weight is 902 g/mol. The number of carbonyl (C=O) groups excluding carboxylic acids is 1. The number of rotatable bonds is 19. The van der Waals surface area contributed by atoms with Crippen molar-refractivity contribution in [1.29, 1.82) is 0 Å². The van der Waals surface area contributed by atoms with Gasteiger partial charge in [0.05, 0.1) is 28.9 Å². The molecule has 65 heavy (non-hydrogen) atoms. The van der Waals surface area contributed by atoms with Crippen LogP contribution in [0.4, 0.5) is 0 Å². The van der Waals surface area contributed by atoms with Gasteiger partial charge in [-0.2, -0.15) is 0 Å². The van der Waals surface area contributed by atoms with Crippen molar-refractivity contribution in [1.82, 2.24) is 10.4 Å². The summed E-state index contributed by atoms with van der Waals surface area (Å²) in [4.78, 5) is 50.4. The van der Waals surface area contributed by atoms with Crippen LogP contribution in [0.15, 0.2) is 98.5 Å². The number of allylic oxidation sites excluding steroid dienone is 1. The lowest BCUT2D eigenvalue weighted by atomic mass is 9.92. The number of unbranched alkanes of at least 4 members (excludes halogenated alkanes) is 1. The Hall–Kier alpha value is -6.00. The van der Waals surface area contributed by atoms with E-state index in [1.807, 2.05) is 25.1 Å². The molecule has 0 amide bonds. The minimum atomic E-state index is -3.21. The SMILES string of the molecule is CNC(CCO)C(C(=O)O)C(=O)OC(O)(CO)C1OC(Oc2ccc3c(=O)c(-c4ccc(O)cc4)coc3c2)C(ON2CC3=CC=NC3=C2c2cc(C)cc(CCCCO)c2)C(O)C1O. The summed E-state index contributed by atoms with van der Waals surface area (Å²) in [5.74, 6) is -8.51. The number of hydroxylamine groups is 2. The van der Waals surface area contributed by atoms with Crippen molar-refractivity contribution in [3.63, 3.8) is 0 Å². The highest BCUT2D eigenvalue weighted by atomic mass is 16.8. The van der Waals surface area contributed by atoms with Gasteiger partial charge in [-0.05, 0) is 93.3 Å². The second-order valence-electron chi connectivity index (χ2n) is 16.0. The van der Waals surface area contributed by atoms with Crippen LogP contribution in [-0.4, -0.2) is 140 Å². The number of phenolic OH excluding ortho intramolecular Hbond substituents is 1. The number of ether oxygens (including phenoxy) is 3. The standard InChI is InChI=1S/C46H51N3O16/c1-24-17-25(5-3-4-15-50)19-28(18-24)37-36-27(12-14-48-36)21-49(37)65-41-39(55)40(56)42(46(60,23-52)64-44(59)35(43(57)58)33(47-2)13-16-51)63-45(41)62-30-10-11-31-34(20-30)61-22-32(38(31)54)26-6-8-29(53)9-7-26/h6-12,14,17-20,22,33,35,39-42,45,47,50-53,55-56,60H,3-5,13,15-16,21,23H2,1-2H3,(H,57,58). The number of nitrogens with one attached hydrogen (secondary N) is 1. The fraction of sp³-hybridized carbons (Fsp3) is 0.391. The molecule has 1 fully saturated rings. The molecule has 3 aromatic carbocycles. The van der Waals surface area contributed by atoms with Gasteiger partial charge in [-0.3, -0.25) is 24.2 Å². The monoisotopic (exact) mass is 901 g/mol. The van der Waals surface area contributed by atoms with E-state index in [9.17, 15) is 55.2 Å². The van der Waals surface area contributed by atoms with E-state index in [0.717, 1.165) is 23.1 Å². The number of hydrogen-bond acceptors (Lipinski definition) is 18. The first-order valence-corrected chi connectivity index (χ1v) is 20.9. The quantitative estimate of drug-likeness (QED) is 0.0279. The van der Waals surface area contributed by atoms with Crippen LogP contribution < -0.4 is 15.5 Å². The molecule has 9 N–H and O–H groups in total. The van der Waals surface area contributed by atoms with Gasteiger partial charge in [0.25, 0.3) is 5.79 Å². The van der Waals surface area contributed by atoms with Crippen LogP contribution in [0.5, 0.6) is 11.5 Å². The number of phenols is 1. The molecule has 0 bridgehead atoms. The van der Waals surface area contributed by atoms with E-state index in [4.69, 9.17) is 23.5 Å². The zero-order valence-corrected chi connectivity index (χ0v) is 35.4. The molecule has 19 nitrogen and oxygen atoms in total. The molecule has 1 saturated heterocycles. The summed E-state index contributed by atoms with van der Waals surface area (Å²) in [6.07, 6.45) is -3.50. The highest BCUT2D eigenvalue weighted by Crippen LogP contribution is 2.41. The van der Waals surface area contributed by atoms with Crippen LogP contribution in [0.2, 0.25) is 0 Å². The number of carboxylic acid groups (broad SMARTS) is 1. The third-order valence-electron chi connectivity index (χ3n) is 11.5. The van der Waals surface area contributed by atoms with Gasteiger partial charge in [0.15, 0.2) is 23.6 Å². The Morgan fingerprint density at radius 3 is 2.46 bits per heavy atom. The molecule has 7 rings (SSSR count). The maximum atomic E-state index is 13.6. The summed E-state index contributed by atoms with van der Waals surface area (Å²) in [6, 6.07) is 14.8. The van der Waals surface area contributed by atoms with Crippen molar-refractivity contribution >= 4 is 34.8 Å². The van der Waals surface area contributed by atoms with E-state index in [2.05, 4.69) is 10.3 Å². The Kier molecular flexibility index (Phi) is 14.5. The molecular weight excluding hydrogens is 851 g/mol. The smallest absolute Gasteiger partial charge is 0.324 e. The van der Waals surface area contributed by atoms with Gasteiger partial charge < -0.3 is 64.8 Å². The predicted molar refractivity (Wildman–Crippen MR) is 231 cm³/mol. The number of aliphatic carboxylic acids is 1. The number of carboxylic acids is 1. The Balaban J connectivity index is 1.25. The number of aromatic hydroxyl groups is 1. The highest BCUT2D eigenvalue weighted by molar-refractivity contribution is 5.95. The molecule has 3 aliphatic heterocycles. The normalized spacial score (nSPS) is 22.4. The molecule has 0 spiro atoms. The Morgan fingerprint density at radius 2 is 1.77 bits per heavy atom. The molecule has 8 atom stereocenters. The van der Waals surface area contributed by atoms with Crippen molar-refractivity contribution in [3.05, 3.63) is 111 Å². The number of aryl methyl sites for hydroxylation is 2. The second kappa shape index (κ2) is 20.0. The second-order valence-corrected chi connectivity index (χ2v) is 16.0. The molecule has 19 heteroatoms. The maximum absolute atomic E-state index is 13.6. The molecule has 3 aliphatic rings. The van der Waals surface area contributed by atoms with E-state index in [1.165, 1.54) is 48.7 Å². The summed E-state index contributed by atoms with van der Waals surface area (Å²) in [5, 5.41) is 88.7. The van der Waals surface area contributed by atoms with E-state index in [-0.39, 0.29) is 47.6 Å². The topological polar surface area (TPSA) is 291 Å². The van der Waals surface area contributed by atoms with Crippen LogP contribution in [0.25, 0.3) is 27.8 Å². The minimum absolute atomic E-state index is 0.00832. The van der Waals surface area contributed by atoms with Crippen molar-refractivity contribution in [3.8, 4) is 22.6 Å². The van der Waals surface area contributed by atoms with Crippen LogP contribution in [0, 0.1) is 12.8 Å². The molecule has 8 unspecified atom stereocenters. The van der Waals surface area contributed by atoms with Crippen molar-refractivity contribution in [2.24, 2.45) is 10.9 Å². The van der Waals surface area contributed by atoms with E-state index in [0.29, 0.717) is 35.4 Å². The summed E-state index contributed by atoms with van der Waals surface area (Å²) in [5.41, 5.74) is 4.80. The number of nitrogens with zero attached hydrogens (tertiary/aromatic N) is 2. The third-order valence-corrected chi connectivity index (χ3v) is 11.5. The largest absolute Gasteiger partial charge is 0.508 e. The van der Waals surface area contributed by atoms with Crippen LogP contribution >= 0.6 is 0 Å². The summed E-state index contributed by atoms with van der Waals surface area (Å²) < 4.78 is 23.4. The van der Waals surface area contributed by atoms with Crippen LogP contribution in [0.1, 0.15) is 36.0 Å². The number of aliphatic hydroxyl groups excluding tert-OH is 5. The Bertz CT molecular complexity index is 2540. The number of aliphatic imine (C=N–C) groups is 1.